The first-order valence-electron chi connectivity index (χ1n) is 22.8. The van der Waals surface area contributed by atoms with Crippen LogP contribution in [0.5, 0.6) is 0 Å². The van der Waals surface area contributed by atoms with Gasteiger partial charge in [0.2, 0.25) is 0 Å². The van der Waals surface area contributed by atoms with E-state index in [9.17, 15) is 48.6 Å². The SMILES string of the molecule is CCN1C(=O)/C(=c2\sc(=Cc3ccc(N(c4ccc(/C=c5\s/c(=C6/SC(=S)N(CC)C6=O)n(CC(=O)O)c5=O)cc4)c4ccc(/C=c5/s/c(=C6/SC(=S)N(CC)C6=O)n(CC(=O)O)c5=O)cc4)cc3)c(=O)n2C)SC1=S. The number of thiocarbonyl (C=S) groups is 3. The molecule has 0 radical (unpaired) electrons. The third-order valence-corrected chi connectivity index (χ3v) is 20.0. The summed E-state index contributed by atoms with van der Waals surface area (Å²) in [6.45, 7) is 5.11. The molecule has 26 heteroatoms. The van der Waals surface area contributed by atoms with Crippen molar-refractivity contribution in [2.24, 2.45) is 7.05 Å². The van der Waals surface area contributed by atoms with Crippen molar-refractivity contribution >= 4 is 199 Å². The molecule has 0 atom stereocenters. The summed E-state index contributed by atoms with van der Waals surface area (Å²) in [6, 6.07) is 22.0. The lowest BCUT2D eigenvalue weighted by Crippen LogP contribution is -2.35. The van der Waals surface area contributed by atoms with Gasteiger partial charge >= 0.3 is 11.9 Å². The van der Waals surface area contributed by atoms with Crippen LogP contribution in [0.15, 0.2) is 87.2 Å². The summed E-state index contributed by atoms with van der Waals surface area (Å²) in [6.07, 6.45) is 5.01. The van der Waals surface area contributed by atoms with Crippen LogP contribution in [0.25, 0.3) is 32.9 Å². The number of carbonyl (C=O) groups is 5. The molecule has 3 fully saturated rings. The van der Waals surface area contributed by atoms with Crippen LogP contribution in [0.2, 0.25) is 0 Å². The molecule has 17 nitrogen and oxygen atoms in total. The van der Waals surface area contributed by atoms with Crippen molar-refractivity contribution in [1.82, 2.24) is 28.4 Å². The van der Waals surface area contributed by atoms with Crippen LogP contribution in [-0.4, -0.2) is 101 Å². The Kier molecular flexibility index (Phi) is 16.0. The predicted molar refractivity (Wildman–Crippen MR) is 315 cm³/mol. The summed E-state index contributed by atoms with van der Waals surface area (Å²) < 4.78 is 6.41. The van der Waals surface area contributed by atoms with Gasteiger partial charge in [0.15, 0.2) is 0 Å². The molecule has 0 aliphatic carbocycles. The largest absolute Gasteiger partial charge is 0.480 e. The highest BCUT2D eigenvalue weighted by Crippen LogP contribution is 2.36. The molecule has 76 heavy (non-hydrogen) atoms. The Morgan fingerprint density at radius 2 is 0.776 bits per heavy atom. The van der Waals surface area contributed by atoms with Gasteiger partial charge in [-0.15, -0.1) is 34.0 Å². The Bertz CT molecular complexity index is 3940. The van der Waals surface area contributed by atoms with Crippen LogP contribution in [0.1, 0.15) is 37.5 Å². The maximum atomic E-state index is 13.8. The van der Waals surface area contributed by atoms with Crippen LogP contribution in [-0.2, 0) is 44.1 Å². The molecule has 0 saturated carbocycles. The number of thiazole rings is 3. The maximum Gasteiger partial charge on any atom is 0.323 e. The highest BCUT2D eigenvalue weighted by molar-refractivity contribution is 8.31. The van der Waals surface area contributed by atoms with Crippen molar-refractivity contribution in [3.05, 3.63) is 148 Å². The highest BCUT2D eigenvalue weighted by Gasteiger charge is 2.35. The molecule has 3 aliphatic rings. The Hall–Kier alpha value is -6.36. The summed E-state index contributed by atoms with van der Waals surface area (Å²) in [7, 11) is 1.62. The van der Waals surface area contributed by atoms with Gasteiger partial charge in [0.05, 0.1) is 13.6 Å². The van der Waals surface area contributed by atoms with Gasteiger partial charge in [0.25, 0.3) is 34.4 Å². The number of hydrogen-bond acceptors (Lipinski definition) is 18. The molecule has 0 spiro atoms. The number of benzene rings is 3. The van der Waals surface area contributed by atoms with Crippen LogP contribution >= 0.6 is 106 Å². The summed E-state index contributed by atoms with van der Waals surface area (Å²) in [5, 5.41) is 19.4. The zero-order valence-electron chi connectivity index (χ0n) is 40.2. The van der Waals surface area contributed by atoms with E-state index in [2.05, 4.69) is 0 Å². The third kappa shape index (κ3) is 10.4. The van der Waals surface area contributed by atoms with Crippen LogP contribution in [0, 0.1) is 0 Å². The minimum absolute atomic E-state index is 0.186. The van der Waals surface area contributed by atoms with Crippen molar-refractivity contribution in [1.29, 1.82) is 0 Å². The van der Waals surface area contributed by atoms with Crippen molar-refractivity contribution in [3.63, 3.8) is 0 Å². The lowest BCUT2D eigenvalue weighted by Gasteiger charge is -2.26. The standard InChI is InChI=1S/C50H39N7O10S9/c1-5-52-42(65)36(74-48(52)68)45-51(4)39(62)31(71-45)20-25-8-14-28(15-9-25)57(29-16-10-26(11-17-29)21-32-40(63)55(23-34(58)59)46(72-32)37-43(66)53(6-2)49(69)75-37)30-18-12-27(13-19-30)22-33-41(64)56(24-35(60)61)47(73-33)38-44(67)54(7-3)50(70)76-38/h8-22H,5-7,23-24H2,1-4H3,(H,58,59)(H,60,61)/b31-20?,32-21-,33-22+,45-36+,46-37+,47-38+. The number of nitrogens with zero attached hydrogens (tertiary/aromatic N) is 7. The predicted octanol–water partition coefficient (Wildman–Crippen LogP) is 2.98. The van der Waals surface area contributed by atoms with E-state index in [1.54, 1.807) is 63.4 Å². The molecule has 0 unspecified atom stereocenters. The molecular weight excluding hydrogens is 1150 g/mol. The van der Waals surface area contributed by atoms with Crippen molar-refractivity contribution < 1.29 is 34.2 Å². The van der Waals surface area contributed by atoms with Crippen molar-refractivity contribution in [2.45, 2.75) is 33.9 Å². The van der Waals surface area contributed by atoms with E-state index in [-0.39, 0.29) is 39.7 Å². The Morgan fingerprint density at radius 3 is 1.07 bits per heavy atom. The molecule has 388 valence electrons. The summed E-state index contributed by atoms with van der Waals surface area (Å²) in [5.74, 6) is -3.54. The van der Waals surface area contributed by atoms with Gasteiger partial charge in [0, 0.05) is 43.7 Å². The van der Waals surface area contributed by atoms with Gasteiger partial charge in [-0.1, -0.05) is 108 Å². The van der Waals surface area contributed by atoms with Crippen molar-refractivity contribution in [2.75, 3.05) is 24.5 Å². The molecule has 6 aromatic rings. The number of anilines is 3. The fourth-order valence-corrected chi connectivity index (χ4v) is 16.1. The minimum Gasteiger partial charge on any atom is -0.480 e. The quantitative estimate of drug-likeness (QED) is 0.160. The van der Waals surface area contributed by atoms with E-state index >= 15 is 0 Å². The summed E-state index contributed by atoms with van der Waals surface area (Å²) >= 11 is 22.6. The monoisotopic (exact) mass is 1190 g/mol. The zero-order valence-corrected chi connectivity index (χ0v) is 47.5. The van der Waals surface area contributed by atoms with Gasteiger partial charge in [-0.3, -0.25) is 62.2 Å². The van der Waals surface area contributed by atoms with E-state index in [4.69, 9.17) is 36.7 Å². The summed E-state index contributed by atoms with van der Waals surface area (Å²) in [5.41, 5.74) is 2.55. The molecule has 3 saturated heterocycles. The molecule has 3 amide bonds. The van der Waals surface area contributed by atoms with Gasteiger partial charge < -0.3 is 19.7 Å². The highest BCUT2D eigenvalue weighted by atomic mass is 32.2. The second-order valence-electron chi connectivity index (χ2n) is 16.5. The topological polar surface area (TPSA) is 205 Å². The van der Waals surface area contributed by atoms with Gasteiger partial charge in [-0.25, -0.2) is 0 Å². The fourth-order valence-electron chi connectivity index (χ4n) is 8.16. The number of thioether (sulfide) groups is 3. The lowest BCUT2D eigenvalue weighted by molar-refractivity contribution is -0.138. The second kappa shape index (κ2) is 22.3. The molecule has 9 rings (SSSR count). The third-order valence-electron chi connectivity index (χ3n) is 11.9. The first-order valence-corrected chi connectivity index (χ1v) is 28.9. The Morgan fingerprint density at radius 1 is 0.487 bits per heavy atom. The molecule has 3 aliphatic heterocycles. The molecule has 3 aromatic carbocycles. The van der Waals surface area contributed by atoms with E-state index in [1.807, 2.05) is 60.4 Å². The molecule has 3 aromatic heterocycles. The lowest BCUT2D eigenvalue weighted by atomic mass is 10.1. The number of aliphatic carboxylic acids is 2. The Labute approximate surface area is 471 Å². The average Bonchev–Trinajstić information content (AvgIpc) is 4.19. The minimum atomic E-state index is -1.25. The molecule has 0 bridgehead atoms. The van der Waals surface area contributed by atoms with E-state index in [0.717, 1.165) is 55.3 Å². The van der Waals surface area contributed by atoms with E-state index in [0.29, 0.717) is 80.4 Å². The number of carbonyl (C=O) groups excluding carboxylic acids is 3. The van der Waals surface area contributed by atoms with Gasteiger partial charge in [-0.05, 0) is 92.1 Å². The number of rotatable bonds is 13. The zero-order chi connectivity index (χ0) is 54.4. The molecular formula is C50H39N7O10S9. The van der Waals surface area contributed by atoms with Crippen LogP contribution < -0.4 is 49.2 Å². The van der Waals surface area contributed by atoms with Crippen LogP contribution in [0.4, 0.5) is 17.1 Å². The maximum absolute atomic E-state index is 13.8. The molecule has 6 heterocycles. The normalized spacial score (nSPS) is 17.9. The number of carboxylic acid groups (broad SMARTS) is 2. The summed E-state index contributed by atoms with van der Waals surface area (Å²) in [4.78, 5) is 112. The molecule has 2 N–H and O–H groups in total. The Balaban J connectivity index is 1.12. The van der Waals surface area contributed by atoms with E-state index < -0.39 is 48.0 Å². The van der Waals surface area contributed by atoms with Crippen molar-refractivity contribution in [3.8, 4) is 0 Å². The number of hydrogen-bond donors (Lipinski definition) is 2. The van der Waals surface area contributed by atoms with Crippen LogP contribution in [0.3, 0.4) is 0 Å². The second-order valence-corrected chi connectivity index (χ2v) is 24.6. The first kappa shape index (κ1) is 54.4. The van der Waals surface area contributed by atoms with E-state index in [1.165, 1.54) is 42.4 Å². The fraction of sp³-hybridized carbons (Fsp3) is 0.180. The number of aromatic nitrogens is 3. The van der Waals surface area contributed by atoms with Gasteiger partial charge in [-0.2, -0.15) is 0 Å². The first-order chi connectivity index (χ1) is 36.3. The number of amides is 3. The average molecular weight is 1190 g/mol. The smallest absolute Gasteiger partial charge is 0.323 e. The number of carboxylic acids is 2. The van der Waals surface area contributed by atoms with Gasteiger partial charge in [0.1, 0.15) is 54.8 Å².